The molecule has 0 fully saturated rings. The Morgan fingerprint density at radius 1 is 1.29 bits per heavy atom. The maximum absolute atomic E-state index is 12.1. The second-order valence-corrected chi connectivity index (χ2v) is 4.63. The minimum Gasteiger partial charge on any atom is -0.497 e. The van der Waals surface area contributed by atoms with E-state index in [9.17, 15) is 4.79 Å². The van der Waals surface area contributed by atoms with Crippen molar-refractivity contribution >= 4 is 5.78 Å². The van der Waals surface area contributed by atoms with Crippen LogP contribution in [0.2, 0.25) is 0 Å². The Bertz CT molecular complexity index is 619. The molecule has 0 saturated carbocycles. The molecule has 1 aromatic carbocycles. The average molecular weight is 282 g/mol. The van der Waals surface area contributed by atoms with Gasteiger partial charge in [-0.05, 0) is 42.8 Å². The van der Waals surface area contributed by atoms with Gasteiger partial charge in [-0.15, -0.1) is 0 Å². The number of hydrogen-bond acceptors (Lipinski definition) is 4. The molecule has 21 heavy (non-hydrogen) atoms. The van der Waals surface area contributed by atoms with E-state index in [2.05, 4.69) is 10.3 Å². The first kappa shape index (κ1) is 14.8. The molecule has 4 nitrogen and oxygen atoms in total. The van der Waals surface area contributed by atoms with Crippen molar-refractivity contribution in [1.29, 1.82) is 0 Å². The number of carbonyl (C=O) groups is 1. The quantitative estimate of drug-likeness (QED) is 0.653. The van der Waals surface area contributed by atoms with Crippen molar-refractivity contribution in [3.63, 3.8) is 0 Å². The predicted molar refractivity (Wildman–Crippen MR) is 82.2 cm³/mol. The molecule has 4 heteroatoms. The summed E-state index contributed by atoms with van der Waals surface area (Å²) in [7, 11) is 1.60. The number of hydrogen-bond donors (Lipinski definition) is 1. The maximum atomic E-state index is 12.1. The molecular weight excluding hydrogens is 264 g/mol. The number of allylic oxidation sites excluding steroid dienone is 2. The zero-order chi connectivity index (χ0) is 15.1. The average Bonchev–Trinajstić information content (AvgIpc) is 2.54. The standard InChI is InChI=1S/C17H18N2O2/c1-13(19-12-14-4-3-9-18-11-14)10-17(20)15-5-7-16(21-2)8-6-15/h3-11,19H,12H2,1-2H3/b13-10+. The Kier molecular flexibility index (Phi) is 5.10. The van der Waals surface area contributed by atoms with Crippen LogP contribution in [0.4, 0.5) is 0 Å². The van der Waals surface area contributed by atoms with Gasteiger partial charge in [0.05, 0.1) is 7.11 Å². The van der Waals surface area contributed by atoms with E-state index in [1.165, 1.54) is 0 Å². The van der Waals surface area contributed by atoms with Crippen molar-refractivity contribution < 1.29 is 9.53 Å². The minimum atomic E-state index is -0.0335. The van der Waals surface area contributed by atoms with Gasteiger partial charge >= 0.3 is 0 Å². The van der Waals surface area contributed by atoms with Crippen LogP contribution in [0.25, 0.3) is 0 Å². The molecule has 0 aliphatic heterocycles. The third kappa shape index (κ3) is 4.45. The Labute approximate surface area is 124 Å². The van der Waals surface area contributed by atoms with Crippen molar-refractivity contribution in [2.24, 2.45) is 0 Å². The number of pyridine rings is 1. The number of ether oxygens (including phenoxy) is 1. The van der Waals surface area contributed by atoms with Gasteiger partial charge in [0.15, 0.2) is 5.78 Å². The van der Waals surface area contributed by atoms with Gasteiger partial charge in [0.1, 0.15) is 5.75 Å². The lowest BCUT2D eigenvalue weighted by molar-refractivity contribution is 0.104. The van der Waals surface area contributed by atoms with Gasteiger partial charge < -0.3 is 10.1 Å². The number of methoxy groups -OCH3 is 1. The van der Waals surface area contributed by atoms with E-state index >= 15 is 0 Å². The highest BCUT2D eigenvalue weighted by Crippen LogP contribution is 2.12. The Morgan fingerprint density at radius 2 is 2.05 bits per heavy atom. The van der Waals surface area contributed by atoms with Gasteiger partial charge in [0.2, 0.25) is 0 Å². The van der Waals surface area contributed by atoms with Gasteiger partial charge in [0, 0.05) is 36.3 Å². The first-order valence-electron chi connectivity index (χ1n) is 6.68. The van der Waals surface area contributed by atoms with Gasteiger partial charge in [-0.2, -0.15) is 0 Å². The highest BCUT2D eigenvalue weighted by molar-refractivity contribution is 6.04. The third-order valence-electron chi connectivity index (χ3n) is 3.02. The summed E-state index contributed by atoms with van der Waals surface area (Å²) in [5, 5.41) is 3.20. The van der Waals surface area contributed by atoms with Crippen molar-refractivity contribution in [3.05, 3.63) is 71.7 Å². The number of nitrogens with one attached hydrogen (secondary N) is 1. The zero-order valence-electron chi connectivity index (χ0n) is 12.2. The summed E-state index contributed by atoms with van der Waals surface area (Å²) in [5.41, 5.74) is 2.53. The molecule has 0 saturated heterocycles. The molecule has 0 spiro atoms. The molecule has 108 valence electrons. The highest BCUT2D eigenvalue weighted by atomic mass is 16.5. The van der Waals surface area contributed by atoms with Crippen molar-refractivity contribution in [2.75, 3.05) is 7.11 Å². The fourth-order valence-electron chi connectivity index (χ4n) is 1.83. The first-order chi connectivity index (χ1) is 10.2. The Morgan fingerprint density at radius 3 is 2.67 bits per heavy atom. The molecule has 1 heterocycles. The summed E-state index contributed by atoms with van der Waals surface area (Å²) in [5.74, 6) is 0.704. The van der Waals surface area contributed by atoms with Crippen LogP contribution in [0.1, 0.15) is 22.8 Å². The van der Waals surface area contributed by atoms with Crippen LogP contribution in [0, 0.1) is 0 Å². The lowest BCUT2D eigenvalue weighted by Crippen LogP contribution is -2.12. The SMILES string of the molecule is COc1ccc(C(=O)/C=C(\C)NCc2cccnc2)cc1. The van der Waals surface area contributed by atoms with E-state index in [0.717, 1.165) is 17.0 Å². The third-order valence-corrected chi connectivity index (χ3v) is 3.02. The molecule has 2 rings (SSSR count). The lowest BCUT2D eigenvalue weighted by Gasteiger charge is -2.06. The van der Waals surface area contributed by atoms with Crippen LogP contribution in [0.5, 0.6) is 5.75 Å². The summed E-state index contributed by atoms with van der Waals surface area (Å²) in [6.07, 6.45) is 5.13. The topological polar surface area (TPSA) is 51.2 Å². The van der Waals surface area contributed by atoms with Crippen molar-refractivity contribution in [2.45, 2.75) is 13.5 Å². The summed E-state index contributed by atoms with van der Waals surface area (Å²) < 4.78 is 5.07. The Hall–Kier alpha value is -2.62. The molecule has 0 aliphatic rings. The normalized spacial score (nSPS) is 11.0. The van der Waals surface area contributed by atoms with Crippen LogP contribution in [-0.2, 0) is 6.54 Å². The van der Waals surface area contributed by atoms with Crippen LogP contribution in [0.15, 0.2) is 60.6 Å². The van der Waals surface area contributed by atoms with E-state index in [0.29, 0.717) is 12.1 Å². The van der Waals surface area contributed by atoms with E-state index in [4.69, 9.17) is 4.74 Å². The van der Waals surface area contributed by atoms with Crippen LogP contribution >= 0.6 is 0 Å². The van der Waals surface area contributed by atoms with Crippen molar-refractivity contribution in [1.82, 2.24) is 10.3 Å². The first-order valence-corrected chi connectivity index (χ1v) is 6.68. The molecule has 0 amide bonds. The predicted octanol–water partition coefficient (Wildman–Crippen LogP) is 2.97. The van der Waals surface area contributed by atoms with Crippen molar-refractivity contribution in [3.8, 4) is 5.75 Å². The fourth-order valence-corrected chi connectivity index (χ4v) is 1.83. The Balaban J connectivity index is 1.95. The van der Waals surface area contributed by atoms with E-state index in [-0.39, 0.29) is 5.78 Å². The molecule has 0 aliphatic carbocycles. The molecule has 1 aromatic heterocycles. The monoisotopic (exact) mass is 282 g/mol. The van der Waals surface area contributed by atoms with Crippen LogP contribution in [-0.4, -0.2) is 17.9 Å². The summed E-state index contributed by atoms with van der Waals surface area (Å²) >= 11 is 0. The molecular formula is C17H18N2O2. The van der Waals surface area contributed by atoms with Gasteiger partial charge in [0.25, 0.3) is 0 Å². The van der Waals surface area contributed by atoms with Gasteiger partial charge in [-0.1, -0.05) is 6.07 Å². The number of ketones is 1. The molecule has 2 aromatic rings. The lowest BCUT2D eigenvalue weighted by atomic mass is 10.1. The molecule has 1 N–H and O–H groups in total. The largest absolute Gasteiger partial charge is 0.497 e. The molecule has 0 atom stereocenters. The minimum absolute atomic E-state index is 0.0335. The molecule has 0 radical (unpaired) electrons. The second kappa shape index (κ2) is 7.24. The number of aromatic nitrogens is 1. The summed E-state index contributed by atoms with van der Waals surface area (Å²) in [6.45, 7) is 2.52. The molecule has 0 bridgehead atoms. The summed E-state index contributed by atoms with van der Waals surface area (Å²) in [4.78, 5) is 16.1. The fraction of sp³-hybridized carbons (Fsp3) is 0.176. The maximum Gasteiger partial charge on any atom is 0.187 e. The van der Waals surface area contributed by atoms with Gasteiger partial charge in [-0.3, -0.25) is 9.78 Å². The number of nitrogens with zero attached hydrogens (tertiary/aromatic N) is 1. The number of rotatable bonds is 6. The highest BCUT2D eigenvalue weighted by Gasteiger charge is 2.03. The van der Waals surface area contributed by atoms with Gasteiger partial charge in [-0.25, -0.2) is 0 Å². The van der Waals surface area contributed by atoms with Crippen LogP contribution < -0.4 is 10.1 Å². The van der Waals surface area contributed by atoms with Crippen LogP contribution in [0.3, 0.4) is 0 Å². The molecule has 0 unspecified atom stereocenters. The number of benzene rings is 1. The second-order valence-electron chi connectivity index (χ2n) is 4.63. The smallest absolute Gasteiger partial charge is 0.187 e. The van der Waals surface area contributed by atoms with E-state index in [1.807, 2.05) is 19.1 Å². The van der Waals surface area contributed by atoms with E-state index in [1.54, 1.807) is 49.8 Å². The number of carbonyl (C=O) groups excluding carboxylic acids is 1. The zero-order valence-corrected chi connectivity index (χ0v) is 12.2. The summed E-state index contributed by atoms with van der Waals surface area (Å²) in [6, 6.07) is 10.9. The van der Waals surface area contributed by atoms with E-state index < -0.39 is 0 Å².